The predicted octanol–water partition coefficient (Wildman–Crippen LogP) is -1.04. The van der Waals surface area contributed by atoms with Crippen molar-refractivity contribution in [2.75, 3.05) is 0 Å². The van der Waals surface area contributed by atoms with Crippen molar-refractivity contribution in [2.45, 2.75) is 12.3 Å². The number of hydrogen-bond donors (Lipinski definition) is 4. The molecule has 0 heterocycles. The topological polar surface area (TPSA) is 115 Å². The van der Waals surface area contributed by atoms with Crippen molar-refractivity contribution in [1.29, 1.82) is 0 Å². The van der Waals surface area contributed by atoms with Gasteiger partial charge in [0.15, 0.2) is 5.85 Å². The summed E-state index contributed by atoms with van der Waals surface area (Å²) in [6, 6.07) is 0. The Kier molecular flexibility index (Phi) is 2.98. The quantitative estimate of drug-likeness (QED) is 0.402. The van der Waals surface area contributed by atoms with E-state index in [1.807, 2.05) is 0 Å². The van der Waals surface area contributed by atoms with Crippen molar-refractivity contribution in [3.05, 3.63) is 0 Å². The summed E-state index contributed by atoms with van der Waals surface area (Å²) in [5.41, 5.74) is 0. The van der Waals surface area contributed by atoms with E-state index in [0.29, 0.717) is 0 Å². The SMILES string of the molecule is O=C(O)CC(O)P(=O)(O)O. The fraction of sp³-hybridized carbons (Fsp3) is 0.667. The first-order valence-electron chi connectivity index (χ1n) is 2.29. The normalized spacial score (nSPS) is 14.7. The van der Waals surface area contributed by atoms with Crippen molar-refractivity contribution < 1.29 is 29.4 Å². The summed E-state index contributed by atoms with van der Waals surface area (Å²) < 4.78 is 10.0. The monoisotopic (exact) mass is 170 g/mol. The Morgan fingerprint density at radius 2 is 1.90 bits per heavy atom. The molecule has 0 rings (SSSR count). The zero-order valence-corrected chi connectivity index (χ0v) is 5.73. The van der Waals surface area contributed by atoms with Crippen LogP contribution in [0.1, 0.15) is 6.42 Å². The zero-order chi connectivity index (χ0) is 8.36. The third-order valence-electron chi connectivity index (χ3n) is 0.745. The molecular formula is C3H7O6P. The van der Waals surface area contributed by atoms with Gasteiger partial charge in [0.25, 0.3) is 0 Å². The first-order valence-corrected chi connectivity index (χ1v) is 3.97. The summed E-state index contributed by atoms with van der Waals surface area (Å²) >= 11 is 0. The van der Waals surface area contributed by atoms with E-state index in [1.165, 1.54) is 0 Å². The summed E-state index contributed by atoms with van der Waals surface area (Å²) in [5.74, 6) is -3.54. The molecule has 0 saturated carbocycles. The molecule has 0 aliphatic heterocycles. The molecule has 0 bridgehead atoms. The fourth-order valence-electron chi connectivity index (χ4n) is 0.275. The lowest BCUT2D eigenvalue weighted by Gasteiger charge is -2.08. The average molecular weight is 170 g/mol. The van der Waals surface area contributed by atoms with E-state index in [-0.39, 0.29) is 0 Å². The van der Waals surface area contributed by atoms with Gasteiger partial charge in [-0.15, -0.1) is 0 Å². The summed E-state index contributed by atoms with van der Waals surface area (Å²) in [6.45, 7) is 0. The third-order valence-corrected chi connectivity index (χ3v) is 1.70. The maximum atomic E-state index is 10.0. The summed E-state index contributed by atoms with van der Waals surface area (Å²) in [5, 5.41) is 16.4. The molecule has 0 saturated heterocycles. The Balaban J connectivity index is 3.98. The molecule has 10 heavy (non-hydrogen) atoms. The van der Waals surface area contributed by atoms with Crippen LogP contribution in [-0.4, -0.2) is 31.8 Å². The molecule has 0 aliphatic rings. The highest BCUT2D eigenvalue weighted by Crippen LogP contribution is 2.40. The minimum atomic E-state index is -4.64. The van der Waals surface area contributed by atoms with Crippen molar-refractivity contribution in [3.63, 3.8) is 0 Å². The molecule has 6 nitrogen and oxygen atoms in total. The van der Waals surface area contributed by atoms with E-state index >= 15 is 0 Å². The minimum Gasteiger partial charge on any atom is -0.481 e. The third kappa shape index (κ3) is 3.58. The second-order valence-corrected chi connectivity index (χ2v) is 3.44. The number of carboxylic acids is 1. The molecule has 0 amide bonds. The smallest absolute Gasteiger partial charge is 0.354 e. The average Bonchev–Trinajstić information content (AvgIpc) is 1.60. The Morgan fingerprint density at radius 1 is 1.50 bits per heavy atom. The molecule has 0 fully saturated rings. The van der Waals surface area contributed by atoms with E-state index in [9.17, 15) is 9.36 Å². The van der Waals surface area contributed by atoms with Gasteiger partial charge in [-0.2, -0.15) is 0 Å². The van der Waals surface area contributed by atoms with E-state index in [4.69, 9.17) is 20.0 Å². The van der Waals surface area contributed by atoms with Crippen LogP contribution in [0.25, 0.3) is 0 Å². The van der Waals surface area contributed by atoms with Gasteiger partial charge in [-0.3, -0.25) is 9.36 Å². The summed E-state index contributed by atoms with van der Waals surface area (Å²) in [7, 11) is -4.64. The Morgan fingerprint density at radius 3 is 2.00 bits per heavy atom. The van der Waals surface area contributed by atoms with Crippen molar-refractivity contribution >= 4 is 13.6 Å². The first kappa shape index (κ1) is 9.58. The number of carbonyl (C=O) groups is 1. The molecule has 0 aromatic carbocycles. The number of aliphatic hydroxyl groups is 1. The van der Waals surface area contributed by atoms with Crippen molar-refractivity contribution in [3.8, 4) is 0 Å². The van der Waals surface area contributed by atoms with Crippen LogP contribution >= 0.6 is 7.60 Å². The standard InChI is InChI=1S/C3H7O6P/c4-2(5)1-3(6)10(7,8)9/h3,6H,1H2,(H,4,5)(H2,7,8,9). The van der Waals surface area contributed by atoms with E-state index in [1.54, 1.807) is 0 Å². The van der Waals surface area contributed by atoms with Gasteiger partial charge in [0, 0.05) is 0 Å². The molecule has 0 aromatic rings. The van der Waals surface area contributed by atoms with Crippen LogP contribution in [0.2, 0.25) is 0 Å². The lowest BCUT2D eigenvalue weighted by Crippen LogP contribution is -2.12. The molecule has 1 atom stereocenters. The van der Waals surface area contributed by atoms with Crippen molar-refractivity contribution in [2.24, 2.45) is 0 Å². The van der Waals surface area contributed by atoms with Gasteiger partial charge >= 0.3 is 13.6 Å². The Hall–Kier alpha value is -0.420. The molecule has 0 spiro atoms. The largest absolute Gasteiger partial charge is 0.481 e. The van der Waals surface area contributed by atoms with Gasteiger partial charge < -0.3 is 20.0 Å². The highest BCUT2D eigenvalue weighted by molar-refractivity contribution is 7.52. The van der Waals surface area contributed by atoms with Crippen LogP contribution in [0.4, 0.5) is 0 Å². The summed E-state index contributed by atoms with van der Waals surface area (Å²) in [6.07, 6.45) is -0.940. The molecule has 4 N–H and O–H groups in total. The molecule has 0 radical (unpaired) electrons. The molecule has 60 valence electrons. The molecule has 0 aliphatic carbocycles. The van der Waals surface area contributed by atoms with Gasteiger partial charge in [0.2, 0.25) is 0 Å². The zero-order valence-electron chi connectivity index (χ0n) is 4.84. The molecular weight excluding hydrogens is 163 g/mol. The lowest BCUT2D eigenvalue weighted by molar-refractivity contribution is -0.138. The number of carboxylic acid groups (broad SMARTS) is 1. The second kappa shape index (κ2) is 3.12. The molecule has 7 heteroatoms. The predicted molar refractivity (Wildman–Crippen MR) is 30.3 cm³/mol. The maximum absolute atomic E-state index is 10.0. The minimum absolute atomic E-state index is 0.940. The number of hydrogen-bond acceptors (Lipinski definition) is 3. The van der Waals surface area contributed by atoms with Crippen molar-refractivity contribution in [1.82, 2.24) is 0 Å². The van der Waals surface area contributed by atoms with E-state index < -0.39 is 25.8 Å². The van der Waals surface area contributed by atoms with E-state index in [2.05, 4.69) is 0 Å². The number of rotatable bonds is 3. The Bertz CT molecular complexity index is 170. The number of aliphatic carboxylic acids is 1. The van der Waals surface area contributed by atoms with Gasteiger partial charge in [-0.1, -0.05) is 0 Å². The highest BCUT2D eigenvalue weighted by atomic mass is 31.2. The summed E-state index contributed by atoms with van der Waals surface area (Å²) in [4.78, 5) is 26.0. The van der Waals surface area contributed by atoms with Crippen LogP contribution in [0.5, 0.6) is 0 Å². The van der Waals surface area contributed by atoms with Crippen LogP contribution in [0.3, 0.4) is 0 Å². The van der Waals surface area contributed by atoms with Gasteiger partial charge in [-0.25, -0.2) is 0 Å². The number of aliphatic hydroxyl groups excluding tert-OH is 1. The van der Waals surface area contributed by atoms with Gasteiger partial charge in [0.1, 0.15) is 0 Å². The van der Waals surface area contributed by atoms with Gasteiger partial charge in [-0.05, 0) is 0 Å². The van der Waals surface area contributed by atoms with Crippen LogP contribution in [0, 0.1) is 0 Å². The Labute approximate surface area is 56.3 Å². The maximum Gasteiger partial charge on any atom is 0.354 e. The lowest BCUT2D eigenvalue weighted by atomic mass is 10.5. The van der Waals surface area contributed by atoms with Crippen LogP contribution in [0.15, 0.2) is 0 Å². The molecule has 0 aromatic heterocycles. The fourth-order valence-corrected chi connectivity index (χ4v) is 0.669. The van der Waals surface area contributed by atoms with Crippen LogP contribution < -0.4 is 0 Å². The molecule has 1 unspecified atom stereocenters. The highest BCUT2D eigenvalue weighted by Gasteiger charge is 2.28. The second-order valence-electron chi connectivity index (χ2n) is 1.67. The van der Waals surface area contributed by atoms with E-state index in [0.717, 1.165) is 0 Å². The first-order chi connectivity index (χ1) is 4.34. The van der Waals surface area contributed by atoms with Crippen LogP contribution in [-0.2, 0) is 9.36 Å². The van der Waals surface area contributed by atoms with Gasteiger partial charge in [0.05, 0.1) is 6.42 Å².